The number of thiazole rings is 1. The maximum absolute atomic E-state index is 12.7. The van der Waals surface area contributed by atoms with Crippen LogP contribution in [-0.2, 0) is 0 Å². The van der Waals surface area contributed by atoms with Crippen molar-refractivity contribution in [3.63, 3.8) is 0 Å². The average Bonchev–Trinajstić information content (AvgIpc) is 3.16. The van der Waals surface area contributed by atoms with Gasteiger partial charge in [-0.2, -0.15) is 0 Å². The van der Waals surface area contributed by atoms with Gasteiger partial charge in [0.15, 0.2) is 0 Å². The third-order valence-electron chi connectivity index (χ3n) is 4.64. The van der Waals surface area contributed by atoms with E-state index in [-0.39, 0.29) is 17.5 Å². The quantitative estimate of drug-likeness (QED) is 0.764. The average molecular weight is 356 g/mol. The van der Waals surface area contributed by atoms with Gasteiger partial charge in [0.2, 0.25) is 0 Å². The number of likely N-dealkylation sites (N-methyl/N-ethyl adjacent to an activating group) is 1. The second kappa shape index (κ2) is 6.15. The summed E-state index contributed by atoms with van der Waals surface area (Å²) in [6.45, 7) is 2.67. The van der Waals surface area contributed by atoms with E-state index >= 15 is 0 Å². The summed E-state index contributed by atoms with van der Waals surface area (Å²) in [6.07, 6.45) is 3.88. The second-order valence-electron chi connectivity index (χ2n) is 6.72. The Hall–Kier alpha value is -2.41. The topological polar surface area (TPSA) is 71.0 Å². The second-order valence-corrected chi connectivity index (χ2v) is 7.65. The normalized spacial score (nSPS) is 15.4. The van der Waals surface area contributed by atoms with Crippen molar-refractivity contribution < 1.29 is 4.79 Å². The van der Waals surface area contributed by atoms with Crippen molar-refractivity contribution in [1.82, 2.24) is 19.4 Å². The highest BCUT2D eigenvalue weighted by Crippen LogP contribution is 2.35. The monoisotopic (exact) mass is 356 g/mol. The fourth-order valence-electron chi connectivity index (χ4n) is 3.23. The fraction of sp³-hybridized carbons (Fsp3) is 0.389. The standard InChI is InChI=1S/C18H20N4O2S/c1-11(16-19-7-8-25-16)10-21(2)17(23)12-3-6-15-14(9-12)20-18(24)22(15)13-4-5-13/h3,6-9,11,13H,4-5,10H2,1-2H3,(H,20,24). The van der Waals surface area contributed by atoms with Crippen molar-refractivity contribution >= 4 is 28.3 Å². The van der Waals surface area contributed by atoms with Crippen molar-refractivity contribution in [3.8, 4) is 0 Å². The van der Waals surface area contributed by atoms with Crippen LogP contribution in [0.3, 0.4) is 0 Å². The van der Waals surface area contributed by atoms with Crippen LogP contribution < -0.4 is 5.69 Å². The Morgan fingerprint density at radius 1 is 1.48 bits per heavy atom. The van der Waals surface area contributed by atoms with Crippen LogP contribution in [0.1, 0.15) is 47.1 Å². The summed E-state index contributed by atoms with van der Waals surface area (Å²) in [6, 6.07) is 5.77. The SMILES string of the molecule is CC(CN(C)C(=O)c1ccc2c(c1)[nH]c(=O)n2C1CC1)c1nccs1. The van der Waals surface area contributed by atoms with E-state index in [0.29, 0.717) is 18.2 Å². The van der Waals surface area contributed by atoms with Gasteiger partial charge in [0.05, 0.1) is 16.0 Å². The maximum atomic E-state index is 12.7. The highest BCUT2D eigenvalue weighted by molar-refractivity contribution is 7.09. The summed E-state index contributed by atoms with van der Waals surface area (Å²) < 4.78 is 1.80. The van der Waals surface area contributed by atoms with E-state index in [1.165, 1.54) is 0 Å². The predicted octanol–water partition coefficient (Wildman–Crippen LogP) is 3.00. The summed E-state index contributed by atoms with van der Waals surface area (Å²) in [7, 11) is 1.80. The first kappa shape index (κ1) is 16.1. The van der Waals surface area contributed by atoms with Gasteiger partial charge < -0.3 is 9.88 Å². The lowest BCUT2D eigenvalue weighted by atomic mass is 10.1. The first-order valence-electron chi connectivity index (χ1n) is 8.43. The number of nitrogens with zero attached hydrogens (tertiary/aromatic N) is 3. The lowest BCUT2D eigenvalue weighted by Crippen LogP contribution is -2.30. The highest BCUT2D eigenvalue weighted by atomic mass is 32.1. The van der Waals surface area contributed by atoms with Crippen LogP contribution >= 0.6 is 11.3 Å². The molecule has 1 amide bonds. The number of fused-ring (bicyclic) bond motifs is 1. The van der Waals surface area contributed by atoms with E-state index in [9.17, 15) is 9.59 Å². The summed E-state index contributed by atoms with van der Waals surface area (Å²) in [5.74, 6) is 0.138. The molecule has 3 aromatic rings. The molecule has 1 fully saturated rings. The molecule has 1 unspecified atom stereocenters. The number of aromatic nitrogens is 3. The van der Waals surface area contributed by atoms with Gasteiger partial charge in [0, 0.05) is 42.7 Å². The molecule has 1 aromatic carbocycles. The van der Waals surface area contributed by atoms with E-state index in [1.54, 1.807) is 46.2 Å². The van der Waals surface area contributed by atoms with Gasteiger partial charge in [-0.05, 0) is 31.0 Å². The zero-order valence-corrected chi connectivity index (χ0v) is 15.0. The summed E-state index contributed by atoms with van der Waals surface area (Å²) >= 11 is 1.60. The Morgan fingerprint density at radius 2 is 2.28 bits per heavy atom. The molecule has 2 heterocycles. The van der Waals surface area contributed by atoms with Crippen LogP contribution in [-0.4, -0.2) is 38.9 Å². The van der Waals surface area contributed by atoms with Crippen LogP contribution in [0.5, 0.6) is 0 Å². The molecule has 130 valence electrons. The van der Waals surface area contributed by atoms with Gasteiger partial charge >= 0.3 is 5.69 Å². The van der Waals surface area contributed by atoms with E-state index in [0.717, 1.165) is 28.9 Å². The fourth-order valence-corrected chi connectivity index (χ4v) is 3.92. The minimum atomic E-state index is -0.0900. The predicted molar refractivity (Wildman–Crippen MR) is 98.3 cm³/mol. The summed E-state index contributed by atoms with van der Waals surface area (Å²) in [4.78, 5) is 33.8. The van der Waals surface area contributed by atoms with Crippen LogP contribution in [0.25, 0.3) is 11.0 Å². The Balaban J connectivity index is 1.56. The Labute approximate surface area is 149 Å². The largest absolute Gasteiger partial charge is 0.341 e. The molecule has 1 atom stereocenters. The van der Waals surface area contributed by atoms with Crippen LogP contribution in [0.15, 0.2) is 34.6 Å². The molecule has 0 saturated heterocycles. The van der Waals surface area contributed by atoms with E-state index < -0.39 is 0 Å². The molecule has 0 radical (unpaired) electrons. The lowest BCUT2D eigenvalue weighted by Gasteiger charge is -2.20. The molecule has 6 nitrogen and oxygen atoms in total. The van der Waals surface area contributed by atoms with Crippen molar-refractivity contribution in [2.24, 2.45) is 0 Å². The molecule has 1 aliphatic rings. The minimum absolute atomic E-state index is 0.0506. The molecular formula is C18H20N4O2S. The lowest BCUT2D eigenvalue weighted by molar-refractivity contribution is 0.0788. The molecule has 1 N–H and O–H groups in total. The van der Waals surface area contributed by atoms with Crippen molar-refractivity contribution in [2.75, 3.05) is 13.6 Å². The number of carbonyl (C=O) groups excluding carboxylic acids is 1. The first-order valence-corrected chi connectivity index (χ1v) is 9.31. The molecule has 0 bridgehead atoms. The maximum Gasteiger partial charge on any atom is 0.326 e. The number of carbonyl (C=O) groups is 1. The molecule has 1 saturated carbocycles. The van der Waals surface area contributed by atoms with Crippen LogP contribution in [0.4, 0.5) is 0 Å². The molecular weight excluding hydrogens is 336 g/mol. The van der Waals surface area contributed by atoms with Crippen LogP contribution in [0.2, 0.25) is 0 Å². The number of rotatable bonds is 5. The Kier molecular flexibility index (Phi) is 3.95. The van der Waals surface area contributed by atoms with Gasteiger partial charge in [-0.15, -0.1) is 11.3 Å². The van der Waals surface area contributed by atoms with Crippen molar-refractivity contribution in [2.45, 2.75) is 31.7 Å². The molecule has 1 aliphatic carbocycles. The number of benzene rings is 1. The van der Waals surface area contributed by atoms with Gasteiger partial charge in [0.25, 0.3) is 5.91 Å². The van der Waals surface area contributed by atoms with Crippen LogP contribution in [0, 0.1) is 0 Å². The van der Waals surface area contributed by atoms with Crippen molar-refractivity contribution in [3.05, 3.63) is 50.8 Å². The molecule has 7 heteroatoms. The highest BCUT2D eigenvalue weighted by Gasteiger charge is 2.27. The molecule has 0 spiro atoms. The zero-order chi connectivity index (χ0) is 17.6. The first-order chi connectivity index (χ1) is 12.0. The van der Waals surface area contributed by atoms with E-state index in [4.69, 9.17) is 0 Å². The number of aromatic amines is 1. The third-order valence-corrected chi connectivity index (χ3v) is 5.65. The number of hydrogen-bond acceptors (Lipinski definition) is 4. The number of amides is 1. The molecule has 25 heavy (non-hydrogen) atoms. The number of hydrogen-bond donors (Lipinski definition) is 1. The van der Waals surface area contributed by atoms with E-state index in [2.05, 4.69) is 16.9 Å². The number of imidazole rings is 1. The zero-order valence-electron chi connectivity index (χ0n) is 14.2. The van der Waals surface area contributed by atoms with Gasteiger partial charge in [-0.3, -0.25) is 9.36 Å². The summed E-state index contributed by atoms with van der Waals surface area (Å²) in [5.41, 5.74) is 2.10. The minimum Gasteiger partial charge on any atom is -0.341 e. The Morgan fingerprint density at radius 3 is 2.96 bits per heavy atom. The third kappa shape index (κ3) is 3.00. The van der Waals surface area contributed by atoms with Gasteiger partial charge in [-0.25, -0.2) is 9.78 Å². The Bertz CT molecular complexity index is 969. The number of nitrogens with one attached hydrogen (secondary N) is 1. The summed E-state index contributed by atoms with van der Waals surface area (Å²) in [5, 5.41) is 2.98. The number of H-pyrrole nitrogens is 1. The smallest absolute Gasteiger partial charge is 0.326 e. The van der Waals surface area contributed by atoms with Gasteiger partial charge in [-0.1, -0.05) is 6.92 Å². The van der Waals surface area contributed by atoms with Gasteiger partial charge in [0.1, 0.15) is 0 Å². The molecule has 4 rings (SSSR count). The van der Waals surface area contributed by atoms with Crippen molar-refractivity contribution in [1.29, 1.82) is 0 Å². The molecule has 2 aromatic heterocycles. The van der Waals surface area contributed by atoms with E-state index in [1.807, 2.05) is 11.4 Å². The molecule has 0 aliphatic heterocycles.